The predicted octanol–water partition coefficient (Wildman–Crippen LogP) is 4.17. The van der Waals surface area contributed by atoms with E-state index in [2.05, 4.69) is 9.47 Å². The number of carbonyl (C=O) groups is 2. The van der Waals surface area contributed by atoms with E-state index in [1.165, 1.54) is 0 Å². The Balaban J connectivity index is 1.79. The predicted molar refractivity (Wildman–Crippen MR) is 78.2 cm³/mol. The molecule has 0 heterocycles. The third kappa shape index (κ3) is 3.89. The number of rotatable bonds is 4. The molecule has 0 radical (unpaired) electrons. The summed E-state index contributed by atoms with van der Waals surface area (Å²) in [4.78, 5) is 25.0. The van der Waals surface area contributed by atoms with Gasteiger partial charge in [-0.15, -0.1) is 0 Å². The molecule has 4 fully saturated rings. The molecule has 0 spiro atoms. The van der Waals surface area contributed by atoms with Crippen LogP contribution in [0.15, 0.2) is 0 Å². The topological polar surface area (TPSA) is 52.6 Å². The Kier molecular flexibility index (Phi) is 4.70. The minimum atomic E-state index is -4.71. The van der Waals surface area contributed by atoms with Gasteiger partial charge in [0.2, 0.25) is 0 Å². The molecule has 0 aromatic heterocycles. The summed E-state index contributed by atoms with van der Waals surface area (Å²) < 4.78 is 84.5. The molecule has 0 aliphatic heterocycles. The van der Waals surface area contributed by atoms with Crippen molar-refractivity contribution >= 4 is 11.9 Å². The molecule has 4 aliphatic rings. The molecule has 4 saturated carbocycles. The van der Waals surface area contributed by atoms with Gasteiger partial charge in [-0.3, -0.25) is 9.59 Å². The lowest BCUT2D eigenvalue weighted by Gasteiger charge is -2.59. The average molecular weight is 402 g/mol. The van der Waals surface area contributed by atoms with E-state index >= 15 is 0 Å². The fraction of sp³-hybridized carbons (Fsp3) is 0.882. The lowest BCUT2D eigenvalue weighted by atomic mass is 9.44. The lowest BCUT2D eigenvalue weighted by molar-refractivity contribution is -0.233. The molecular weight excluding hydrogens is 382 g/mol. The number of carbonyl (C=O) groups excluding carboxylic acids is 2. The number of halogens is 6. The van der Waals surface area contributed by atoms with Crippen LogP contribution in [0, 0.1) is 22.7 Å². The van der Waals surface area contributed by atoms with E-state index in [9.17, 15) is 35.9 Å². The van der Waals surface area contributed by atoms with E-state index in [0.29, 0.717) is 32.1 Å². The zero-order valence-corrected chi connectivity index (χ0v) is 14.6. The van der Waals surface area contributed by atoms with Crippen molar-refractivity contribution in [1.82, 2.24) is 0 Å². The molecule has 0 N–H and O–H groups in total. The first kappa shape index (κ1) is 20.3. The molecule has 10 heteroatoms. The van der Waals surface area contributed by atoms with Crippen LogP contribution in [0.1, 0.15) is 45.4 Å². The molecule has 0 saturated heterocycles. The van der Waals surface area contributed by atoms with E-state index in [0.717, 1.165) is 6.92 Å². The molecule has 4 aliphatic carbocycles. The minimum Gasteiger partial charge on any atom is -0.456 e. The average Bonchev–Trinajstić information content (AvgIpc) is 2.49. The van der Waals surface area contributed by atoms with E-state index in [-0.39, 0.29) is 18.3 Å². The Hall–Kier alpha value is -1.48. The van der Waals surface area contributed by atoms with Gasteiger partial charge in [0.05, 0.1) is 10.8 Å². The molecule has 3 unspecified atom stereocenters. The second-order valence-electron chi connectivity index (χ2n) is 8.30. The smallest absolute Gasteiger partial charge is 0.425 e. The number of hydrogen-bond acceptors (Lipinski definition) is 4. The summed E-state index contributed by atoms with van der Waals surface area (Å²) in [6.07, 6.45) is -9.90. The second kappa shape index (κ2) is 6.27. The Morgan fingerprint density at radius 3 is 1.89 bits per heavy atom. The SMILES string of the molecule is CC(OC(=O)C12CC3CC(CC(C(=O)OCC(F)(F)F)(C3)C1)C2)C(F)(F)F. The van der Waals surface area contributed by atoms with Crippen molar-refractivity contribution in [3.05, 3.63) is 0 Å². The van der Waals surface area contributed by atoms with Gasteiger partial charge in [0, 0.05) is 0 Å². The zero-order valence-electron chi connectivity index (χ0n) is 14.6. The van der Waals surface area contributed by atoms with Gasteiger partial charge in [-0.05, 0) is 57.3 Å². The number of ether oxygens (including phenoxy) is 2. The van der Waals surface area contributed by atoms with Gasteiger partial charge in [-0.25, -0.2) is 0 Å². The van der Waals surface area contributed by atoms with Crippen LogP contribution in [0.5, 0.6) is 0 Å². The van der Waals surface area contributed by atoms with Crippen molar-refractivity contribution in [3.63, 3.8) is 0 Å². The highest BCUT2D eigenvalue weighted by atomic mass is 19.4. The van der Waals surface area contributed by atoms with Crippen LogP contribution >= 0.6 is 0 Å². The summed E-state index contributed by atoms with van der Waals surface area (Å²) in [6, 6.07) is 0. The van der Waals surface area contributed by atoms with Gasteiger partial charge in [0.25, 0.3) is 0 Å². The van der Waals surface area contributed by atoms with Gasteiger partial charge in [-0.2, -0.15) is 26.3 Å². The molecule has 0 amide bonds. The van der Waals surface area contributed by atoms with Gasteiger partial charge < -0.3 is 9.47 Å². The van der Waals surface area contributed by atoms with Crippen molar-refractivity contribution in [2.24, 2.45) is 22.7 Å². The van der Waals surface area contributed by atoms with Gasteiger partial charge in [-0.1, -0.05) is 0 Å². The fourth-order valence-electron chi connectivity index (χ4n) is 5.39. The highest BCUT2D eigenvalue weighted by molar-refractivity contribution is 5.83. The summed E-state index contributed by atoms with van der Waals surface area (Å²) in [7, 11) is 0. The Bertz CT molecular complexity index is 612. The molecule has 0 aromatic carbocycles. The molecule has 3 atom stereocenters. The monoisotopic (exact) mass is 402 g/mol. The summed E-state index contributed by atoms with van der Waals surface area (Å²) in [5.41, 5.74) is -2.52. The third-order valence-electron chi connectivity index (χ3n) is 6.04. The highest BCUT2D eigenvalue weighted by Crippen LogP contribution is 2.66. The third-order valence-corrected chi connectivity index (χ3v) is 6.04. The van der Waals surface area contributed by atoms with Gasteiger partial charge in [0.15, 0.2) is 12.7 Å². The van der Waals surface area contributed by atoms with Crippen LogP contribution in [-0.4, -0.2) is 37.0 Å². The van der Waals surface area contributed by atoms with Crippen LogP contribution in [-0.2, 0) is 19.1 Å². The molecular formula is C17H20F6O4. The summed E-state index contributed by atoms with van der Waals surface area (Å²) in [5.74, 6) is -2.26. The number of esters is 2. The van der Waals surface area contributed by atoms with Gasteiger partial charge >= 0.3 is 24.3 Å². The van der Waals surface area contributed by atoms with Crippen molar-refractivity contribution in [3.8, 4) is 0 Å². The Morgan fingerprint density at radius 1 is 0.963 bits per heavy atom. The molecule has 154 valence electrons. The molecule has 0 aromatic rings. The molecule has 4 rings (SSSR count). The van der Waals surface area contributed by atoms with Crippen molar-refractivity contribution in [1.29, 1.82) is 0 Å². The van der Waals surface area contributed by atoms with Gasteiger partial charge in [0.1, 0.15) is 0 Å². The maximum atomic E-state index is 12.7. The van der Waals surface area contributed by atoms with Crippen molar-refractivity contribution in [2.75, 3.05) is 6.61 Å². The van der Waals surface area contributed by atoms with Crippen LogP contribution in [0.2, 0.25) is 0 Å². The van der Waals surface area contributed by atoms with Crippen molar-refractivity contribution < 1.29 is 45.4 Å². The summed E-state index contributed by atoms with van der Waals surface area (Å²) in [6.45, 7) is -0.989. The van der Waals surface area contributed by atoms with Crippen molar-refractivity contribution in [2.45, 2.75) is 63.9 Å². The van der Waals surface area contributed by atoms with E-state index in [1.54, 1.807) is 0 Å². The zero-order chi connectivity index (χ0) is 20.3. The highest BCUT2D eigenvalue weighted by Gasteiger charge is 2.65. The number of hydrogen-bond donors (Lipinski definition) is 0. The number of alkyl halides is 6. The standard InChI is InChI=1S/C17H20F6O4/c1-9(17(21,22)23)27-13(25)15-5-10-2-11(6-15)4-14(3-10,7-15)12(24)26-8-16(18,19)20/h9-11H,2-8H2,1H3. The van der Waals surface area contributed by atoms with Crippen LogP contribution < -0.4 is 0 Å². The maximum absolute atomic E-state index is 12.7. The first-order valence-corrected chi connectivity index (χ1v) is 8.77. The molecule has 27 heavy (non-hydrogen) atoms. The minimum absolute atomic E-state index is 0.113. The van der Waals surface area contributed by atoms with E-state index < -0.39 is 47.8 Å². The molecule has 4 nitrogen and oxygen atoms in total. The maximum Gasteiger partial charge on any atom is 0.425 e. The Labute approximate surface area is 151 Å². The largest absolute Gasteiger partial charge is 0.456 e. The van der Waals surface area contributed by atoms with Crippen LogP contribution in [0.25, 0.3) is 0 Å². The van der Waals surface area contributed by atoms with Crippen LogP contribution in [0.3, 0.4) is 0 Å². The fourth-order valence-corrected chi connectivity index (χ4v) is 5.39. The second-order valence-corrected chi connectivity index (χ2v) is 8.30. The quantitative estimate of drug-likeness (QED) is 0.523. The molecule has 4 bridgehead atoms. The summed E-state index contributed by atoms with van der Waals surface area (Å²) >= 11 is 0. The summed E-state index contributed by atoms with van der Waals surface area (Å²) in [5, 5.41) is 0. The first-order valence-electron chi connectivity index (χ1n) is 8.77. The first-order chi connectivity index (χ1) is 12.2. The lowest BCUT2D eigenvalue weighted by Crippen LogP contribution is -2.58. The van der Waals surface area contributed by atoms with E-state index in [1.807, 2.05) is 0 Å². The Morgan fingerprint density at radius 2 is 1.44 bits per heavy atom. The van der Waals surface area contributed by atoms with Crippen LogP contribution in [0.4, 0.5) is 26.3 Å². The normalized spacial score (nSPS) is 36.4. The van der Waals surface area contributed by atoms with E-state index in [4.69, 9.17) is 0 Å².